The number of nitrogens with zero attached hydrogens (tertiary/aromatic N) is 6. The van der Waals surface area contributed by atoms with Gasteiger partial charge in [0.05, 0.1) is 0 Å². The Hall–Kier alpha value is -3.40. The molecule has 0 fully saturated rings. The summed E-state index contributed by atoms with van der Waals surface area (Å²) in [7, 11) is 3.55. The molecule has 0 saturated heterocycles. The molecular formula is C22H25N7O2S. The minimum Gasteiger partial charge on any atom is -0.341 e. The van der Waals surface area contributed by atoms with Gasteiger partial charge in [0.2, 0.25) is 5.95 Å². The SMILES string of the molecule is C[C@H](CSc1ncccn1)Cn1c(N(C)Cc2ccccc2)nc2c1c(=O)[nH]c(=O)n2C. The third-order valence-corrected chi connectivity index (χ3v) is 6.33. The molecule has 10 heteroatoms. The van der Waals surface area contributed by atoms with E-state index in [2.05, 4.69) is 21.9 Å². The van der Waals surface area contributed by atoms with Gasteiger partial charge in [0.1, 0.15) is 0 Å². The molecular weight excluding hydrogens is 426 g/mol. The van der Waals surface area contributed by atoms with E-state index < -0.39 is 11.2 Å². The first kappa shape index (κ1) is 21.8. The van der Waals surface area contributed by atoms with Crippen LogP contribution in [0.4, 0.5) is 5.95 Å². The van der Waals surface area contributed by atoms with Crippen molar-refractivity contribution < 1.29 is 0 Å². The Labute approximate surface area is 189 Å². The minimum atomic E-state index is -0.478. The van der Waals surface area contributed by atoms with Crippen molar-refractivity contribution in [3.8, 4) is 0 Å². The van der Waals surface area contributed by atoms with Gasteiger partial charge in [-0.25, -0.2) is 14.8 Å². The maximum absolute atomic E-state index is 12.8. The minimum absolute atomic E-state index is 0.196. The van der Waals surface area contributed by atoms with Crippen LogP contribution in [0.5, 0.6) is 0 Å². The van der Waals surface area contributed by atoms with Crippen LogP contribution >= 0.6 is 11.8 Å². The van der Waals surface area contributed by atoms with Crippen molar-refractivity contribution in [2.24, 2.45) is 13.0 Å². The van der Waals surface area contributed by atoms with E-state index in [9.17, 15) is 9.59 Å². The molecule has 0 unspecified atom stereocenters. The predicted octanol–water partition coefficient (Wildman–Crippen LogP) is 2.28. The lowest BCUT2D eigenvalue weighted by Crippen LogP contribution is -2.30. The van der Waals surface area contributed by atoms with E-state index in [1.807, 2.05) is 46.8 Å². The molecule has 0 bridgehead atoms. The summed E-state index contributed by atoms with van der Waals surface area (Å²) in [5, 5.41) is 0.719. The number of benzene rings is 1. The third-order valence-electron chi connectivity index (χ3n) is 5.12. The summed E-state index contributed by atoms with van der Waals surface area (Å²) in [6, 6.07) is 11.8. The summed E-state index contributed by atoms with van der Waals surface area (Å²) >= 11 is 1.57. The topological polar surface area (TPSA) is 102 Å². The number of rotatable bonds is 8. The highest BCUT2D eigenvalue weighted by atomic mass is 32.2. The zero-order valence-corrected chi connectivity index (χ0v) is 19.0. The number of thioether (sulfide) groups is 1. The first-order chi connectivity index (χ1) is 15.4. The van der Waals surface area contributed by atoms with Crippen molar-refractivity contribution in [3.05, 3.63) is 75.2 Å². The second-order valence-electron chi connectivity index (χ2n) is 7.80. The molecule has 3 heterocycles. The van der Waals surface area contributed by atoms with Gasteiger partial charge in [-0.3, -0.25) is 14.3 Å². The van der Waals surface area contributed by atoms with E-state index in [4.69, 9.17) is 4.98 Å². The lowest BCUT2D eigenvalue weighted by atomic mass is 10.2. The van der Waals surface area contributed by atoms with Crippen molar-refractivity contribution in [2.75, 3.05) is 17.7 Å². The number of hydrogen-bond donors (Lipinski definition) is 1. The summed E-state index contributed by atoms with van der Waals surface area (Å²) in [4.78, 5) is 42.5. The van der Waals surface area contributed by atoms with Crippen LogP contribution < -0.4 is 16.1 Å². The number of aromatic amines is 1. The second-order valence-corrected chi connectivity index (χ2v) is 8.79. The number of H-pyrrole nitrogens is 1. The molecule has 166 valence electrons. The van der Waals surface area contributed by atoms with Gasteiger partial charge in [-0.15, -0.1) is 0 Å². The molecule has 4 rings (SSSR count). The molecule has 0 aliphatic carbocycles. The highest BCUT2D eigenvalue weighted by Gasteiger charge is 2.21. The van der Waals surface area contributed by atoms with Gasteiger partial charge in [0.25, 0.3) is 5.56 Å². The quantitative estimate of drug-likeness (QED) is 0.324. The lowest BCUT2D eigenvalue weighted by molar-refractivity contribution is 0.536. The summed E-state index contributed by atoms with van der Waals surface area (Å²) in [6.07, 6.45) is 3.44. The summed E-state index contributed by atoms with van der Waals surface area (Å²) in [6.45, 7) is 3.29. The van der Waals surface area contributed by atoms with Crippen LogP contribution in [0.2, 0.25) is 0 Å². The van der Waals surface area contributed by atoms with E-state index >= 15 is 0 Å². The van der Waals surface area contributed by atoms with Gasteiger partial charge in [0, 0.05) is 45.3 Å². The van der Waals surface area contributed by atoms with Gasteiger partial charge < -0.3 is 9.47 Å². The Morgan fingerprint density at radius 2 is 1.84 bits per heavy atom. The zero-order chi connectivity index (χ0) is 22.7. The highest BCUT2D eigenvalue weighted by molar-refractivity contribution is 7.99. The van der Waals surface area contributed by atoms with Gasteiger partial charge in [-0.2, -0.15) is 4.98 Å². The fraction of sp³-hybridized carbons (Fsp3) is 0.318. The normalized spacial score (nSPS) is 12.2. The maximum Gasteiger partial charge on any atom is 0.329 e. The molecule has 9 nitrogen and oxygen atoms in total. The molecule has 0 spiro atoms. The largest absolute Gasteiger partial charge is 0.341 e. The predicted molar refractivity (Wildman–Crippen MR) is 126 cm³/mol. The third kappa shape index (κ3) is 4.59. The Balaban J connectivity index is 1.68. The van der Waals surface area contributed by atoms with Crippen LogP contribution in [0.25, 0.3) is 11.2 Å². The van der Waals surface area contributed by atoms with Gasteiger partial charge in [-0.1, -0.05) is 49.0 Å². The number of imidazole rings is 1. The van der Waals surface area contributed by atoms with Gasteiger partial charge in [0.15, 0.2) is 16.3 Å². The van der Waals surface area contributed by atoms with Gasteiger partial charge >= 0.3 is 5.69 Å². The number of aryl methyl sites for hydroxylation is 1. The number of hydrogen-bond acceptors (Lipinski definition) is 7. The van der Waals surface area contributed by atoms with Crippen LogP contribution in [0, 0.1) is 5.92 Å². The van der Waals surface area contributed by atoms with E-state index in [1.165, 1.54) is 4.57 Å². The first-order valence-corrected chi connectivity index (χ1v) is 11.3. The van der Waals surface area contributed by atoms with Gasteiger partial charge in [-0.05, 0) is 17.5 Å². The molecule has 1 aromatic carbocycles. The molecule has 0 aliphatic rings. The van der Waals surface area contributed by atoms with Crippen LogP contribution in [0.1, 0.15) is 12.5 Å². The lowest BCUT2D eigenvalue weighted by Gasteiger charge is -2.21. The second kappa shape index (κ2) is 9.39. The van der Waals surface area contributed by atoms with Crippen LogP contribution in [0.3, 0.4) is 0 Å². The summed E-state index contributed by atoms with van der Waals surface area (Å²) in [5.74, 6) is 1.61. The maximum atomic E-state index is 12.8. The molecule has 1 atom stereocenters. The molecule has 4 aromatic rings. The average molecular weight is 452 g/mol. The zero-order valence-electron chi connectivity index (χ0n) is 18.2. The summed E-state index contributed by atoms with van der Waals surface area (Å²) in [5.41, 5.74) is 0.992. The van der Waals surface area contributed by atoms with Crippen LogP contribution in [0.15, 0.2) is 63.5 Å². The smallest absolute Gasteiger partial charge is 0.329 e. The van der Waals surface area contributed by atoms with Crippen molar-refractivity contribution in [3.63, 3.8) is 0 Å². The number of anilines is 1. The Morgan fingerprint density at radius 3 is 2.56 bits per heavy atom. The average Bonchev–Trinajstić information content (AvgIpc) is 3.17. The number of fused-ring (bicyclic) bond motifs is 1. The van der Waals surface area contributed by atoms with Crippen molar-refractivity contribution in [1.29, 1.82) is 0 Å². The summed E-state index contributed by atoms with van der Waals surface area (Å²) < 4.78 is 3.29. The Bertz CT molecular complexity index is 1320. The molecule has 3 aromatic heterocycles. The van der Waals surface area contributed by atoms with Crippen LogP contribution in [-0.4, -0.2) is 41.9 Å². The monoisotopic (exact) mass is 451 g/mol. The highest BCUT2D eigenvalue weighted by Crippen LogP contribution is 2.24. The van der Waals surface area contributed by atoms with Crippen molar-refractivity contribution in [2.45, 2.75) is 25.2 Å². The molecule has 0 saturated carbocycles. The van der Waals surface area contributed by atoms with Crippen molar-refractivity contribution in [1.82, 2.24) is 29.1 Å². The van der Waals surface area contributed by atoms with E-state index in [0.29, 0.717) is 30.2 Å². The fourth-order valence-corrected chi connectivity index (χ4v) is 4.37. The van der Waals surface area contributed by atoms with E-state index in [0.717, 1.165) is 16.5 Å². The van der Waals surface area contributed by atoms with Crippen molar-refractivity contribution >= 4 is 28.9 Å². The molecule has 0 amide bonds. The molecule has 0 radical (unpaired) electrons. The Morgan fingerprint density at radius 1 is 1.12 bits per heavy atom. The standard InChI is InChI=1S/C22H25N7O2S/c1-15(14-32-20-23-10-7-11-24-20)12-29-17-18(28(3)22(31)26-19(17)30)25-21(29)27(2)13-16-8-5-4-6-9-16/h4-11,15H,12-14H2,1-3H3,(H,26,30,31)/t15-/m0/s1. The fourth-order valence-electron chi connectivity index (χ4n) is 3.56. The first-order valence-electron chi connectivity index (χ1n) is 10.3. The van der Waals surface area contributed by atoms with E-state index in [-0.39, 0.29) is 5.92 Å². The number of nitrogens with one attached hydrogen (secondary N) is 1. The molecule has 32 heavy (non-hydrogen) atoms. The molecule has 0 aliphatic heterocycles. The number of aromatic nitrogens is 6. The van der Waals surface area contributed by atoms with E-state index in [1.54, 1.807) is 37.3 Å². The molecule has 1 N–H and O–H groups in total. The van der Waals surface area contributed by atoms with Crippen LogP contribution in [-0.2, 0) is 20.1 Å². The Kier molecular flexibility index (Phi) is 6.40.